The third-order valence-corrected chi connectivity index (χ3v) is 5.24. The molecule has 0 spiro atoms. The summed E-state index contributed by atoms with van der Waals surface area (Å²) in [5.41, 5.74) is 1.86. The second-order valence-corrected chi connectivity index (χ2v) is 7.30. The molecule has 1 aromatic heterocycles. The highest BCUT2D eigenvalue weighted by Crippen LogP contribution is 2.19. The molecule has 0 aliphatic heterocycles. The molecule has 0 bridgehead atoms. The van der Waals surface area contributed by atoms with Crippen LogP contribution < -0.4 is 4.72 Å². The van der Waals surface area contributed by atoms with Gasteiger partial charge in [-0.05, 0) is 59.1 Å². The number of nitrogens with one attached hydrogen (secondary N) is 1. The molecule has 1 aromatic carbocycles. The second-order valence-electron chi connectivity index (χ2n) is 4.76. The van der Waals surface area contributed by atoms with Gasteiger partial charge in [-0.15, -0.1) is 0 Å². The SMILES string of the molecule is CCCc1ccc(S(=O)(=O)Nc2ccc(Br)c(C)n2)cc1. The van der Waals surface area contributed by atoms with E-state index in [4.69, 9.17) is 0 Å². The first-order valence-electron chi connectivity index (χ1n) is 6.67. The van der Waals surface area contributed by atoms with Gasteiger partial charge in [0.05, 0.1) is 10.6 Å². The molecule has 0 radical (unpaired) electrons. The van der Waals surface area contributed by atoms with E-state index in [1.54, 1.807) is 31.2 Å². The number of hydrogen-bond acceptors (Lipinski definition) is 3. The van der Waals surface area contributed by atoms with Crippen LogP contribution in [0.4, 0.5) is 5.82 Å². The summed E-state index contributed by atoms with van der Waals surface area (Å²) in [4.78, 5) is 4.43. The predicted molar refractivity (Wildman–Crippen MR) is 87.9 cm³/mol. The van der Waals surface area contributed by atoms with Crippen LogP contribution in [0.1, 0.15) is 24.6 Å². The van der Waals surface area contributed by atoms with Crippen LogP contribution in [0.15, 0.2) is 45.8 Å². The van der Waals surface area contributed by atoms with Gasteiger partial charge in [-0.25, -0.2) is 13.4 Å². The van der Waals surface area contributed by atoms with Crippen molar-refractivity contribution in [2.45, 2.75) is 31.6 Å². The Labute approximate surface area is 133 Å². The Morgan fingerprint density at radius 3 is 2.38 bits per heavy atom. The zero-order chi connectivity index (χ0) is 15.5. The number of hydrogen-bond donors (Lipinski definition) is 1. The summed E-state index contributed by atoms with van der Waals surface area (Å²) in [6.45, 7) is 3.90. The van der Waals surface area contributed by atoms with Gasteiger partial charge in [-0.1, -0.05) is 25.5 Å². The highest BCUT2D eigenvalue weighted by Gasteiger charge is 2.15. The summed E-state index contributed by atoms with van der Waals surface area (Å²) in [6.07, 6.45) is 1.98. The van der Waals surface area contributed by atoms with Crippen molar-refractivity contribution < 1.29 is 8.42 Å². The molecular formula is C15H17BrN2O2S. The number of nitrogens with zero attached hydrogens (tertiary/aromatic N) is 1. The molecule has 2 aromatic rings. The molecular weight excluding hydrogens is 352 g/mol. The number of halogens is 1. The highest BCUT2D eigenvalue weighted by molar-refractivity contribution is 9.10. The maximum atomic E-state index is 12.3. The summed E-state index contributed by atoms with van der Waals surface area (Å²) >= 11 is 3.34. The Morgan fingerprint density at radius 2 is 1.81 bits per heavy atom. The summed E-state index contributed by atoms with van der Waals surface area (Å²) in [5, 5.41) is 0. The van der Waals surface area contributed by atoms with Crippen LogP contribution in [-0.2, 0) is 16.4 Å². The molecule has 0 atom stereocenters. The fourth-order valence-electron chi connectivity index (χ4n) is 1.92. The van der Waals surface area contributed by atoms with Crippen molar-refractivity contribution in [1.29, 1.82) is 0 Å². The summed E-state index contributed by atoms with van der Waals surface area (Å²) in [7, 11) is -3.60. The second kappa shape index (κ2) is 6.58. The minimum atomic E-state index is -3.60. The van der Waals surface area contributed by atoms with Crippen LogP contribution >= 0.6 is 15.9 Å². The minimum Gasteiger partial charge on any atom is -0.263 e. The third kappa shape index (κ3) is 4.04. The Morgan fingerprint density at radius 1 is 1.14 bits per heavy atom. The number of aromatic nitrogens is 1. The standard InChI is InChI=1S/C15H17BrN2O2S/c1-3-4-12-5-7-13(8-6-12)21(19,20)18-15-10-9-14(16)11(2)17-15/h5-10H,3-4H2,1-2H3,(H,17,18). The van der Waals surface area contributed by atoms with E-state index in [0.717, 1.165) is 28.6 Å². The fourth-order valence-corrected chi connectivity index (χ4v) is 3.14. The molecule has 0 amide bonds. The molecule has 0 unspecified atom stereocenters. The van der Waals surface area contributed by atoms with E-state index in [-0.39, 0.29) is 4.90 Å². The van der Waals surface area contributed by atoms with Crippen LogP contribution in [0.3, 0.4) is 0 Å². The van der Waals surface area contributed by atoms with Crippen LogP contribution in [0.5, 0.6) is 0 Å². The van der Waals surface area contributed by atoms with E-state index in [1.807, 2.05) is 12.1 Å². The summed E-state index contributed by atoms with van der Waals surface area (Å²) in [6, 6.07) is 10.3. The van der Waals surface area contributed by atoms with Crippen LogP contribution in [0.25, 0.3) is 0 Å². The predicted octanol–water partition coefficient (Wildman–Crippen LogP) is 3.91. The van der Waals surface area contributed by atoms with Gasteiger partial charge in [-0.3, -0.25) is 4.72 Å². The molecule has 112 valence electrons. The molecule has 0 aliphatic rings. The van der Waals surface area contributed by atoms with Gasteiger partial charge < -0.3 is 0 Å². The molecule has 2 rings (SSSR count). The van der Waals surface area contributed by atoms with E-state index in [9.17, 15) is 8.42 Å². The number of benzene rings is 1. The summed E-state index contributed by atoms with van der Waals surface area (Å²) < 4.78 is 27.9. The molecule has 0 saturated heterocycles. The van der Waals surface area contributed by atoms with Gasteiger partial charge in [0.25, 0.3) is 10.0 Å². The van der Waals surface area contributed by atoms with E-state index >= 15 is 0 Å². The zero-order valence-corrected chi connectivity index (χ0v) is 14.3. The van der Waals surface area contributed by atoms with E-state index in [0.29, 0.717) is 5.82 Å². The highest BCUT2D eigenvalue weighted by atomic mass is 79.9. The lowest BCUT2D eigenvalue weighted by molar-refractivity contribution is 0.601. The monoisotopic (exact) mass is 368 g/mol. The zero-order valence-electron chi connectivity index (χ0n) is 11.9. The molecule has 4 nitrogen and oxygen atoms in total. The lowest BCUT2D eigenvalue weighted by atomic mass is 10.1. The number of aryl methyl sites for hydroxylation is 2. The average Bonchev–Trinajstić information content (AvgIpc) is 2.44. The normalized spacial score (nSPS) is 11.4. The van der Waals surface area contributed by atoms with Crippen molar-refractivity contribution >= 4 is 31.8 Å². The maximum Gasteiger partial charge on any atom is 0.263 e. The van der Waals surface area contributed by atoms with E-state index < -0.39 is 10.0 Å². The molecule has 0 aliphatic carbocycles. The average molecular weight is 369 g/mol. The molecule has 0 saturated carbocycles. The Bertz CT molecular complexity index is 728. The van der Waals surface area contributed by atoms with Crippen molar-refractivity contribution in [2.24, 2.45) is 0 Å². The van der Waals surface area contributed by atoms with E-state index in [1.165, 1.54) is 0 Å². The van der Waals surface area contributed by atoms with Crippen molar-refractivity contribution in [3.05, 3.63) is 52.1 Å². The maximum absolute atomic E-state index is 12.3. The van der Waals surface area contributed by atoms with Crippen molar-refractivity contribution in [2.75, 3.05) is 4.72 Å². The van der Waals surface area contributed by atoms with Gasteiger partial charge >= 0.3 is 0 Å². The Hall–Kier alpha value is -1.40. The topological polar surface area (TPSA) is 59.1 Å². The molecule has 6 heteroatoms. The minimum absolute atomic E-state index is 0.240. The number of rotatable bonds is 5. The Balaban J connectivity index is 2.23. The molecule has 1 heterocycles. The van der Waals surface area contributed by atoms with Gasteiger partial charge in [0, 0.05) is 4.47 Å². The first kappa shape index (κ1) is 16.0. The van der Waals surface area contributed by atoms with Gasteiger partial charge in [0.2, 0.25) is 0 Å². The Kier molecular flexibility index (Phi) is 5.00. The number of sulfonamides is 1. The first-order valence-corrected chi connectivity index (χ1v) is 8.95. The van der Waals surface area contributed by atoms with Gasteiger partial charge in [0.1, 0.15) is 5.82 Å². The van der Waals surface area contributed by atoms with Gasteiger partial charge in [-0.2, -0.15) is 0 Å². The van der Waals surface area contributed by atoms with Crippen LogP contribution in [-0.4, -0.2) is 13.4 Å². The first-order chi connectivity index (χ1) is 9.92. The number of anilines is 1. The van der Waals surface area contributed by atoms with E-state index in [2.05, 4.69) is 32.6 Å². The van der Waals surface area contributed by atoms with Crippen LogP contribution in [0, 0.1) is 6.92 Å². The van der Waals surface area contributed by atoms with Crippen molar-refractivity contribution in [1.82, 2.24) is 4.98 Å². The number of pyridine rings is 1. The molecule has 0 fully saturated rings. The van der Waals surface area contributed by atoms with Crippen molar-refractivity contribution in [3.8, 4) is 0 Å². The molecule has 1 N–H and O–H groups in total. The van der Waals surface area contributed by atoms with Crippen LogP contribution in [0.2, 0.25) is 0 Å². The smallest absolute Gasteiger partial charge is 0.263 e. The third-order valence-electron chi connectivity index (χ3n) is 3.03. The lowest BCUT2D eigenvalue weighted by Crippen LogP contribution is -2.14. The lowest BCUT2D eigenvalue weighted by Gasteiger charge is -2.09. The molecule has 21 heavy (non-hydrogen) atoms. The summed E-state index contributed by atoms with van der Waals surface area (Å²) in [5.74, 6) is 0.313. The van der Waals surface area contributed by atoms with Crippen molar-refractivity contribution in [3.63, 3.8) is 0 Å². The van der Waals surface area contributed by atoms with Gasteiger partial charge in [0.15, 0.2) is 0 Å². The fraction of sp³-hybridized carbons (Fsp3) is 0.267. The largest absolute Gasteiger partial charge is 0.263 e. The quantitative estimate of drug-likeness (QED) is 0.870.